The Hall–Kier alpha value is -3.26. The second-order valence-electron chi connectivity index (χ2n) is 7.82. The number of nitrogens with one attached hydrogen (secondary N) is 1. The number of amides is 1. The van der Waals surface area contributed by atoms with Gasteiger partial charge in [-0.25, -0.2) is 9.97 Å². The third-order valence-electron chi connectivity index (χ3n) is 5.82. The molecular weight excluding hydrogens is 380 g/mol. The van der Waals surface area contributed by atoms with Crippen LogP contribution in [0.4, 0.5) is 5.82 Å². The predicted molar refractivity (Wildman–Crippen MR) is 113 cm³/mol. The van der Waals surface area contributed by atoms with E-state index in [0.717, 1.165) is 22.8 Å². The molecule has 1 aromatic carbocycles. The molecule has 30 heavy (non-hydrogen) atoms. The molecule has 1 aliphatic heterocycles. The van der Waals surface area contributed by atoms with Crippen LogP contribution in [0, 0.1) is 13.8 Å². The highest BCUT2D eigenvalue weighted by Crippen LogP contribution is 2.35. The van der Waals surface area contributed by atoms with Gasteiger partial charge in [-0.1, -0.05) is 30.3 Å². The minimum absolute atomic E-state index is 0.298. The number of β-amino-alcohol motifs (C(OH)–C–C–N with tert-alkyl or cyclic N) is 1. The Morgan fingerprint density at radius 2 is 1.97 bits per heavy atom. The maximum atomic E-state index is 13.1. The standard InChI is InChI=1S/C22H26N6O2/c1-15-11-20(24-14-23-15)28-10-9-22(19(29)13-28,17-7-5-4-6-8-17)25-21(30)18-12-16(2)27(3)26-18/h4-8,11-12,14,19,29H,9-10,13H2,1-3H3,(H,25,30)/t19-,22-/m1/s1. The second kappa shape index (κ2) is 7.87. The van der Waals surface area contributed by atoms with Gasteiger partial charge >= 0.3 is 0 Å². The molecule has 0 unspecified atom stereocenters. The Morgan fingerprint density at radius 1 is 1.20 bits per heavy atom. The number of carbonyl (C=O) groups is 1. The Labute approximate surface area is 175 Å². The van der Waals surface area contributed by atoms with Crippen molar-refractivity contribution in [2.24, 2.45) is 7.05 Å². The van der Waals surface area contributed by atoms with E-state index >= 15 is 0 Å². The first kappa shape index (κ1) is 20.0. The van der Waals surface area contributed by atoms with Gasteiger partial charge in [0.1, 0.15) is 17.8 Å². The highest BCUT2D eigenvalue weighted by molar-refractivity contribution is 5.93. The maximum Gasteiger partial charge on any atom is 0.272 e. The van der Waals surface area contributed by atoms with Gasteiger partial charge in [-0.15, -0.1) is 0 Å². The predicted octanol–water partition coefficient (Wildman–Crippen LogP) is 1.72. The molecule has 8 nitrogen and oxygen atoms in total. The molecule has 1 saturated heterocycles. The third kappa shape index (κ3) is 3.66. The summed E-state index contributed by atoms with van der Waals surface area (Å²) in [5.41, 5.74) is 2.06. The average Bonchev–Trinajstić information content (AvgIpc) is 3.09. The molecule has 0 saturated carbocycles. The van der Waals surface area contributed by atoms with Crippen molar-refractivity contribution in [2.45, 2.75) is 31.9 Å². The molecule has 1 aliphatic rings. The number of hydrogen-bond donors (Lipinski definition) is 2. The molecule has 4 rings (SSSR count). The number of anilines is 1. The summed E-state index contributed by atoms with van der Waals surface area (Å²) >= 11 is 0. The van der Waals surface area contributed by atoms with Gasteiger partial charge in [0.15, 0.2) is 0 Å². The molecule has 0 aliphatic carbocycles. The molecule has 3 aromatic rings. The monoisotopic (exact) mass is 406 g/mol. The van der Waals surface area contributed by atoms with Crippen LogP contribution < -0.4 is 10.2 Å². The van der Waals surface area contributed by atoms with E-state index in [1.54, 1.807) is 17.8 Å². The Bertz CT molecular complexity index is 1030. The summed E-state index contributed by atoms with van der Waals surface area (Å²) in [6.07, 6.45) is 1.22. The molecule has 8 heteroatoms. The van der Waals surface area contributed by atoms with Gasteiger partial charge in [-0.2, -0.15) is 5.10 Å². The number of hydrogen-bond acceptors (Lipinski definition) is 6. The first-order valence-electron chi connectivity index (χ1n) is 9.99. The maximum absolute atomic E-state index is 13.1. The van der Waals surface area contributed by atoms with Gasteiger partial charge < -0.3 is 15.3 Å². The van der Waals surface area contributed by atoms with Crippen molar-refractivity contribution in [3.63, 3.8) is 0 Å². The van der Waals surface area contributed by atoms with Crippen LogP contribution in [-0.2, 0) is 12.6 Å². The number of aryl methyl sites for hydroxylation is 3. The summed E-state index contributed by atoms with van der Waals surface area (Å²) in [6.45, 7) is 4.78. The zero-order valence-electron chi connectivity index (χ0n) is 17.4. The van der Waals surface area contributed by atoms with Crippen molar-refractivity contribution >= 4 is 11.7 Å². The van der Waals surface area contributed by atoms with E-state index in [9.17, 15) is 9.90 Å². The third-order valence-corrected chi connectivity index (χ3v) is 5.82. The Morgan fingerprint density at radius 3 is 2.60 bits per heavy atom. The van der Waals surface area contributed by atoms with Gasteiger partial charge in [-0.3, -0.25) is 9.48 Å². The summed E-state index contributed by atoms with van der Waals surface area (Å²) in [5.74, 6) is 0.475. The molecule has 3 heterocycles. The van der Waals surface area contributed by atoms with Crippen LogP contribution >= 0.6 is 0 Å². The lowest BCUT2D eigenvalue weighted by Crippen LogP contribution is -2.62. The van der Waals surface area contributed by atoms with Crippen LogP contribution in [0.25, 0.3) is 0 Å². The van der Waals surface area contributed by atoms with E-state index in [0.29, 0.717) is 25.2 Å². The van der Waals surface area contributed by atoms with E-state index < -0.39 is 11.6 Å². The fraction of sp³-hybridized carbons (Fsp3) is 0.364. The van der Waals surface area contributed by atoms with E-state index in [1.165, 1.54) is 6.33 Å². The van der Waals surface area contributed by atoms with Crippen molar-refractivity contribution in [1.29, 1.82) is 0 Å². The van der Waals surface area contributed by atoms with Crippen molar-refractivity contribution in [1.82, 2.24) is 25.1 Å². The molecule has 2 N–H and O–H groups in total. The lowest BCUT2D eigenvalue weighted by atomic mass is 9.78. The molecule has 0 bridgehead atoms. The molecule has 2 atom stereocenters. The van der Waals surface area contributed by atoms with E-state index in [1.807, 2.05) is 55.1 Å². The minimum atomic E-state index is -0.914. The van der Waals surface area contributed by atoms with Crippen LogP contribution in [0.1, 0.15) is 33.9 Å². The molecule has 1 fully saturated rings. The number of benzene rings is 1. The SMILES string of the molecule is Cc1cc(N2CC[C@@](NC(=O)c3cc(C)n(C)n3)(c3ccccc3)[C@H](O)C2)ncn1. The largest absolute Gasteiger partial charge is 0.388 e. The molecule has 1 amide bonds. The number of nitrogens with zero attached hydrogens (tertiary/aromatic N) is 5. The molecule has 0 spiro atoms. The first-order chi connectivity index (χ1) is 14.4. The van der Waals surface area contributed by atoms with Crippen LogP contribution in [-0.4, -0.2) is 50.0 Å². The number of rotatable bonds is 4. The fourth-order valence-electron chi connectivity index (χ4n) is 3.98. The topological polar surface area (TPSA) is 96.2 Å². The zero-order chi connectivity index (χ0) is 21.3. The van der Waals surface area contributed by atoms with Crippen LogP contribution in [0.2, 0.25) is 0 Å². The fourth-order valence-corrected chi connectivity index (χ4v) is 3.98. The smallest absolute Gasteiger partial charge is 0.272 e. The summed E-state index contributed by atoms with van der Waals surface area (Å²) in [5, 5.41) is 18.7. The van der Waals surface area contributed by atoms with Crippen molar-refractivity contribution in [3.05, 3.63) is 71.4 Å². The van der Waals surface area contributed by atoms with Gasteiger partial charge in [0.05, 0.1) is 11.6 Å². The average molecular weight is 406 g/mol. The van der Waals surface area contributed by atoms with Crippen molar-refractivity contribution in [2.75, 3.05) is 18.0 Å². The van der Waals surface area contributed by atoms with Gasteiger partial charge in [0.2, 0.25) is 0 Å². The van der Waals surface area contributed by atoms with E-state index in [2.05, 4.69) is 20.4 Å². The zero-order valence-corrected chi connectivity index (χ0v) is 17.4. The first-order valence-corrected chi connectivity index (χ1v) is 9.99. The highest BCUT2D eigenvalue weighted by Gasteiger charge is 2.45. The summed E-state index contributed by atoms with van der Waals surface area (Å²) in [4.78, 5) is 23.6. The summed E-state index contributed by atoms with van der Waals surface area (Å²) in [7, 11) is 1.80. The number of aliphatic hydroxyl groups excluding tert-OH is 1. The van der Waals surface area contributed by atoms with Crippen LogP contribution in [0.15, 0.2) is 48.8 Å². The van der Waals surface area contributed by atoms with Crippen LogP contribution in [0.5, 0.6) is 0 Å². The van der Waals surface area contributed by atoms with Crippen molar-refractivity contribution < 1.29 is 9.90 Å². The Kier molecular flexibility index (Phi) is 5.26. The van der Waals surface area contributed by atoms with E-state index in [4.69, 9.17) is 0 Å². The molecule has 2 aromatic heterocycles. The van der Waals surface area contributed by atoms with Crippen molar-refractivity contribution in [3.8, 4) is 0 Å². The summed E-state index contributed by atoms with van der Waals surface area (Å²) in [6, 6.07) is 13.3. The second-order valence-corrected chi connectivity index (χ2v) is 7.82. The minimum Gasteiger partial charge on any atom is -0.388 e. The van der Waals surface area contributed by atoms with Gasteiger partial charge in [0.25, 0.3) is 5.91 Å². The van der Waals surface area contributed by atoms with E-state index in [-0.39, 0.29) is 5.91 Å². The summed E-state index contributed by atoms with van der Waals surface area (Å²) < 4.78 is 1.67. The number of piperidine rings is 1. The Balaban J connectivity index is 1.65. The number of carbonyl (C=O) groups excluding carboxylic acids is 1. The molecule has 156 valence electrons. The molecule has 0 radical (unpaired) electrons. The van der Waals surface area contributed by atoms with Gasteiger partial charge in [0, 0.05) is 37.6 Å². The number of aliphatic hydroxyl groups is 1. The normalized spacial score (nSPS) is 21.5. The molecular formula is C22H26N6O2. The van der Waals surface area contributed by atoms with Crippen LogP contribution in [0.3, 0.4) is 0 Å². The lowest BCUT2D eigenvalue weighted by molar-refractivity contribution is 0.0362. The number of aromatic nitrogens is 4. The highest BCUT2D eigenvalue weighted by atomic mass is 16.3. The lowest BCUT2D eigenvalue weighted by Gasteiger charge is -2.46. The quantitative estimate of drug-likeness (QED) is 0.685. The van der Waals surface area contributed by atoms with Gasteiger partial charge in [-0.05, 0) is 31.9 Å².